The molecule has 0 aliphatic carbocycles. The lowest BCUT2D eigenvalue weighted by atomic mass is 9.83. The standard InChI is InChI=1S/C22H44N4O2S/c1-9-11-12-16(14(3)19-20(29-19)25(8)17(27)13-23-6)18-15(4)26(18)22(5,10-2)21(28)24-7/h9,11,14-21,23-24,27-28H,10,12-13H2,1-8H3. The van der Waals surface area contributed by atoms with Crippen molar-refractivity contribution in [2.24, 2.45) is 11.8 Å². The topological polar surface area (TPSA) is 70.8 Å². The highest BCUT2D eigenvalue weighted by molar-refractivity contribution is 8.07. The summed E-state index contributed by atoms with van der Waals surface area (Å²) in [6, 6.07) is 0.944. The van der Waals surface area contributed by atoms with Crippen molar-refractivity contribution in [2.75, 3.05) is 27.7 Å². The second kappa shape index (κ2) is 10.4. The van der Waals surface area contributed by atoms with Gasteiger partial charge in [0.1, 0.15) is 12.5 Å². The number of rotatable bonds is 13. The van der Waals surface area contributed by atoms with Gasteiger partial charge >= 0.3 is 0 Å². The Hall–Kier alpha value is -0.150. The van der Waals surface area contributed by atoms with E-state index in [0.29, 0.717) is 41.1 Å². The van der Waals surface area contributed by atoms with Gasteiger partial charge < -0.3 is 15.5 Å². The Morgan fingerprint density at radius 1 is 1.31 bits per heavy atom. The molecule has 0 radical (unpaired) electrons. The molecule has 0 aromatic rings. The van der Waals surface area contributed by atoms with Crippen molar-refractivity contribution in [2.45, 2.75) is 88.2 Å². The molecule has 0 spiro atoms. The van der Waals surface area contributed by atoms with Crippen molar-refractivity contribution in [1.82, 2.24) is 20.4 Å². The molecule has 10 unspecified atom stereocenters. The van der Waals surface area contributed by atoms with Crippen LogP contribution in [0.25, 0.3) is 0 Å². The molecule has 2 fully saturated rings. The van der Waals surface area contributed by atoms with Crippen LogP contribution >= 0.6 is 11.8 Å². The van der Waals surface area contributed by atoms with Crippen molar-refractivity contribution in [1.29, 1.82) is 0 Å². The van der Waals surface area contributed by atoms with Gasteiger partial charge in [0.2, 0.25) is 0 Å². The Bertz CT molecular complexity index is 551. The first-order valence-electron chi connectivity index (χ1n) is 11.1. The van der Waals surface area contributed by atoms with Crippen LogP contribution in [0.1, 0.15) is 47.5 Å². The van der Waals surface area contributed by atoms with E-state index < -0.39 is 12.5 Å². The number of nitrogens with zero attached hydrogens (tertiary/aromatic N) is 2. The van der Waals surface area contributed by atoms with E-state index in [1.807, 2.05) is 32.9 Å². The number of likely N-dealkylation sites (N-methyl/N-ethyl adjacent to an activating group) is 3. The summed E-state index contributed by atoms with van der Waals surface area (Å²) < 4.78 is 0. The van der Waals surface area contributed by atoms with E-state index in [2.05, 4.69) is 67.2 Å². The first-order valence-corrected chi connectivity index (χ1v) is 12.1. The molecule has 0 aromatic carbocycles. The lowest BCUT2D eigenvalue weighted by Crippen LogP contribution is -2.53. The lowest BCUT2D eigenvalue weighted by molar-refractivity contribution is -0.00222. The highest BCUT2D eigenvalue weighted by Crippen LogP contribution is 2.55. The van der Waals surface area contributed by atoms with Crippen LogP contribution in [0.5, 0.6) is 0 Å². The van der Waals surface area contributed by atoms with Crippen LogP contribution in [0, 0.1) is 11.8 Å². The monoisotopic (exact) mass is 428 g/mol. The van der Waals surface area contributed by atoms with Crippen LogP contribution < -0.4 is 10.6 Å². The van der Waals surface area contributed by atoms with Gasteiger partial charge in [0, 0.05) is 23.9 Å². The highest BCUT2D eigenvalue weighted by atomic mass is 32.2. The summed E-state index contributed by atoms with van der Waals surface area (Å²) in [4.78, 5) is 4.63. The summed E-state index contributed by atoms with van der Waals surface area (Å²) in [7, 11) is 5.73. The van der Waals surface area contributed by atoms with E-state index in [9.17, 15) is 10.2 Å². The van der Waals surface area contributed by atoms with Crippen molar-refractivity contribution >= 4 is 11.8 Å². The van der Waals surface area contributed by atoms with E-state index in [0.717, 1.165) is 12.8 Å². The molecule has 2 heterocycles. The SMILES string of the molecule is CC=CCC(C(C)C1SC1N(C)C(O)CNC)C1C(C)N1C(C)(CC)C(O)NC. The second-order valence-corrected chi connectivity index (χ2v) is 10.4. The zero-order chi connectivity index (χ0) is 21.9. The Morgan fingerprint density at radius 2 is 1.97 bits per heavy atom. The van der Waals surface area contributed by atoms with Crippen molar-refractivity contribution in [3.63, 3.8) is 0 Å². The quantitative estimate of drug-likeness (QED) is 0.203. The van der Waals surface area contributed by atoms with Crippen molar-refractivity contribution in [3.8, 4) is 0 Å². The maximum absolute atomic E-state index is 10.7. The zero-order valence-corrected chi connectivity index (χ0v) is 20.4. The van der Waals surface area contributed by atoms with E-state index in [4.69, 9.17) is 0 Å². The predicted molar refractivity (Wildman–Crippen MR) is 124 cm³/mol. The fourth-order valence-corrected chi connectivity index (χ4v) is 6.55. The molecule has 2 saturated heterocycles. The molecule has 10 atom stereocenters. The summed E-state index contributed by atoms with van der Waals surface area (Å²) >= 11 is 1.97. The highest BCUT2D eigenvalue weighted by Gasteiger charge is 2.61. The molecule has 29 heavy (non-hydrogen) atoms. The second-order valence-electron chi connectivity index (χ2n) is 9.06. The summed E-state index contributed by atoms with van der Waals surface area (Å²) in [6.45, 7) is 11.7. The van der Waals surface area contributed by atoms with Crippen LogP contribution in [0.4, 0.5) is 0 Å². The van der Waals surface area contributed by atoms with Gasteiger partial charge in [-0.3, -0.25) is 15.1 Å². The van der Waals surface area contributed by atoms with Gasteiger partial charge in [0.05, 0.1) is 10.9 Å². The Kier molecular flexibility index (Phi) is 9.04. The lowest BCUT2D eigenvalue weighted by Gasteiger charge is -2.37. The molecule has 0 saturated carbocycles. The summed E-state index contributed by atoms with van der Waals surface area (Å²) in [5.41, 5.74) is -0.261. The van der Waals surface area contributed by atoms with E-state index in [1.165, 1.54) is 0 Å². The molecule has 2 aliphatic rings. The number of hydrogen-bond acceptors (Lipinski definition) is 7. The van der Waals surface area contributed by atoms with Crippen LogP contribution in [-0.4, -0.2) is 88.4 Å². The van der Waals surface area contributed by atoms with E-state index in [1.54, 1.807) is 0 Å². The summed E-state index contributed by atoms with van der Waals surface area (Å²) in [6.07, 6.45) is 5.42. The molecular weight excluding hydrogens is 384 g/mol. The maximum Gasteiger partial charge on any atom is 0.122 e. The fourth-order valence-electron chi connectivity index (χ4n) is 5.10. The number of aliphatic hydroxyl groups is 2. The molecule has 170 valence electrons. The Labute approximate surface area is 182 Å². The molecular formula is C22H44N4O2S. The average Bonchev–Trinajstić information content (AvgIpc) is 3.62. The summed E-state index contributed by atoms with van der Waals surface area (Å²) in [5.74, 6) is 1.07. The van der Waals surface area contributed by atoms with Gasteiger partial charge in [-0.15, -0.1) is 11.8 Å². The molecule has 0 aromatic heterocycles. The number of hydrogen-bond donors (Lipinski definition) is 4. The number of thioether (sulfide) groups is 1. The van der Waals surface area contributed by atoms with Gasteiger partial charge in [-0.1, -0.05) is 26.0 Å². The fraction of sp³-hybridized carbons (Fsp3) is 0.909. The van der Waals surface area contributed by atoms with Crippen LogP contribution in [0.3, 0.4) is 0 Å². The molecule has 2 aliphatic heterocycles. The van der Waals surface area contributed by atoms with E-state index >= 15 is 0 Å². The maximum atomic E-state index is 10.7. The molecule has 6 nitrogen and oxygen atoms in total. The predicted octanol–water partition coefficient (Wildman–Crippen LogP) is 1.90. The first kappa shape index (κ1) is 25.1. The summed E-state index contributed by atoms with van der Waals surface area (Å²) in [5, 5.41) is 28.0. The number of aliphatic hydroxyl groups excluding tert-OH is 2. The smallest absolute Gasteiger partial charge is 0.122 e. The van der Waals surface area contributed by atoms with Crippen molar-refractivity contribution in [3.05, 3.63) is 12.2 Å². The minimum Gasteiger partial charge on any atom is -0.377 e. The number of allylic oxidation sites excluding steroid dienone is 2. The Morgan fingerprint density at radius 3 is 2.48 bits per heavy atom. The van der Waals surface area contributed by atoms with Gasteiger partial charge in [0.15, 0.2) is 0 Å². The van der Waals surface area contributed by atoms with Crippen LogP contribution in [0.2, 0.25) is 0 Å². The molecule has 7 heteroatoms. The number of nitrogens with one attached hydrogen (secondary N) is 2. The Balaban J connectivity index is 2.12. The van der Waals surface area contributed by atoms with Gasteiger partial charge in [-0.25, -0.2) is 0 Å². The van der Waals surface area contributed by atoms with Gasteiger partial charge in [0.25, 0.3) is 0 Å². The van der Waals surface area contributed by atoms with Gasteiger partial charge in [-0.05, 0) is 66.6 Å². The third-order valence-corrected chi connectivity index (χ3v) is 8.96. The van der Waals surface area contributed by atoms with Crippen molar-refractivity contribution < 1.29 is 10.2 Å². The first-order chi connectivity index (χ1) is 13.7. The molecule has 0 amide bonds. The third kappa shape index (κ3) is 5.20. The minimum atomic E-state index is -0.538. The average molecular weight is 429 g/mol. The van der Waals surface area contributed by atoms with Crippen LogP contribution in [-0.2, 0) is 0 Å². The van der Waals surface area contributed by atoms with Gasteiger partial charge in [-0.2, -0.15) is 0 Å². The zero-order valence-electron chi connectivity index (χ0n) is 19.6. The molecule has 0 bridgehead atoms. The molecule has 4 N–H and O–H groups in total. The normalized spacial score (nSPS) is 35.3. The third-order valence-electron chi connectivity index (χ3n) is 7.37. The van der Waals surface area contributed by atoms with Crippen LogP contribution in [0.15, 0.2) is 12.2 Å². The minimum absolute atomic E-state index is 0.261. The largest absolute Gasteiger partial charge is 0.377 e. The van der Waals surface area contributed by atoms with E-state index in [-0.39, 0.29) is 5.54 Å². The molecule has 2 rings (SSSR count).